The van der Waals surface area contributed by atoms with Crippen molar-refractivity contribution in [3.8, 4) is 5.88 Å². The van der Waals surface area contributed by atoms with E-state index in [2.05, 4.69) is 39.8 Å². The molecular weight excluding hydrogens is 392 g/mol. The number of nitrogens with one attached hydrogen (secondary N) is 2. The van der Waals surface area contributed by atoms with E-state index in [0.717, 1.165) is 22.3 Å². The van der Waals surface area contributed by atoms with Crippen LogP contribution in [0.25, 0.3) is 11.0 Å². The molecule has 0 saturated heterocycles. The maximum Gasteiger partial charge on any atom is 0.245 e. The second-order valence-electron chi connectivity index (χ2n) is 7.26. The normalized spacial score (nSPS) is 12.3. The van der Waals surface area contributed by atoms with Crippen LogP contribution in [0.5, 0.6) is 5.88 Å². The molecule has 29 heavy (non-hydrogen) atoms. The summed E-state index contributed by atoms with van der Waals surface area (Å²) < 4.78 is 6.87. The summed E-state index contributed by atoms with van der Waals surface area (Å²) >= 11 is 6.01. The lowest BCUT2D eigenvalue weighted by Crippen LogP contribution is -2.33. The van der Waals surface area contributed by atoms with Crippen LogP contribution in [0.4, 0.5) is 5.82 Å². The van der Waals surface area contributed by atoms with Gasteiger partial charge in [0.1, 0.15) is 11.0 Å². The van der Waals surface area contributed by atoms with Gasteiger partial charge in [0.05, 0.1) is 18.7 Å². The van der Waals surface area contributed by atoms with Crippen LogP contribution in [-0.2, 0) is 11.8 Å². The Morgan fingerprint density at radius 1 is 1.21 bits per heavy atom. The largest absolute Gasteiger partial charge is 0.481 e. The molecule has 8 nitrogen and oxygen atoms in total. The van der Waals surface area contributed by atoms with Crippen LogP contribution in [-0.4, -0.2) is 32.8 Å². The van der Waals surface area contributed by atoms with Gasteiger partial charge in [0, 0.05) is 18.5 Å². The fraction of sp³-hybridized carbons (Fsp3) is 0.400. The van der Waals surface area contributed by atoms with Crippen molar-refractivity contribution in [2.75, 3.05) is 12.5 Å². The van der Waals surface area contributed by atoms with Crippen LogP contribution in [0, 0.1) is 6.92 Å². The third kappa shape index (κ3) is 4.27. The molecule has 0 aliphatic rings. The van der Waals surface area contributed by atoms with E-state index in [9.17, 15) is 4.79 Å². The maximum absolute atomic E-state index is 12.7. The molecule has 0 radical (unpaired) electrons. The van der Waals surface area contributed by atoms with Gasteiger partial charge in [0.2, 0.25) is 11.8 Å². The van der Waals surface area contributed by atoms with Crippen molar-refractivity contribution in [1.29, 1.82) is 0 Å². The number of rotatable bonds is 6. The van der Waals surface area contributed by atoms with Gasteiger partial charge in [0.15, 0.2) is 5.65 Å². The van der Waals surface area contributed by atoms with Gasteiger partial charge in [0.25, 0.3) is 0 Å². The number of aryl methyl sites for hydroxylation is 2. The first-order chi connectivity index (χ1) is 13.7. The van der Waals surface area contributed by atoms with E-state index in [4.69, 9.17) is 16.3 Å². The number of fused-ring (bicyclic) bond motifs is 1. The van der Waals surface area contributed by atoms with Gasteiger partial charge < -0.3 is 4.74 Å². The fourth-order valence-electron chi connectivity index (χ4n) is 3.23. The van der Waals surface area contributed by atoms with E-state index in [1.807, 2.05) is 20.0 Å². The average molecular weight is 417 g/mol. The van der Waals surface area contributed by atoms with Crippen molar-refractivity contribution < 1.29 is 9.53 Å². The predicted octanol–water partition coefficient (Wildman–Crippen LogP) is 3.70. The highest BCUT2D eigenvalue weighted by atomic mass is 35.5. The molecule has 3 heterocycles. The lowest BCUT2D eigenvalue weighted by molar-refractivity contribution is -0.121. The fourth-order valence-corrected chi connectivity index (χ4v) is 3.44. The Bertz CT molecular complexity index is 1060. The van der Waals surface area contributed by atoms with Crippen LogP contribution in [0.3, 0.4) is 0 Å². The van der Waals surface area contributed by atoms with E-state index in [1.54, 1.807) is 23.7 Å². The number of amides is 1. The van der Waals surface area contributed by atoms with Gasteiger partial charge >= 0.3 is 0 Å². The summed E-state index contributed by atoms with van der Waals surface area (Å²) in [7, 11) is 3.36. The van der Waals surface area contributed by atoms with E-state index < -0.39 is 5.92 Å². The minimum Gasteiger partial charge on any atom is -0.481 e. The third-order valence-corrected chi connectivity index (χ3v) is 5.02. The molecule has 3 aromatic rings. The Morgan fingerprint density at radius 2 is 1.93 bits per heavy atom. The van der Waals surface area contributed by atoms with Crippen molar-refractivity contribution in [1.82, 2.24) is 25.2 Å². The van der Waals surface area contributed by atoms with Crippen molar-refractivity contribution in [3.05, 3.63) is 40.2 Å². The first-order valence-corrected chi connectivity index (χ1v) is 9.70. The Morgan fingerprint density at radius 3 is 2.59 bits per heavy atom. The second kappa shape index (κ2) is 8.24. The zero-order valence-corrected chi connectivity index (χ0v) is 18.1. The van der Waals surface area contributed by atoms with Gasteiger partial charge in [-0.2, -0.15) is 5.10 Å². The smallest absolute Gasteiger partial charge is 0.245 e. The number of hydrogen-bond donors (Lipinski definition) is 2. The molecule has 154 valence electrons. The van der Waals surface area contributed by atoms with Crippen LogP contribution in [0.15, 0.2) is 18.2 Å². The average Bonchev–Trinajstić information content (AvgIpc) is 2.97. The molecule has 0 spiro atoms. The number of carbonyl (C=O) groups excluding carboxylic acids is 1. The van der Waals surface area contributed by atoms with Crippen LogP contribution in [0.1, 0.15) is 49.4 Å². The quantitative estimate of drug-likeness (QED) is 0.470. The summed E-state index contributed by atoms with van der Waals surface area (Å²) in [5.74, 6) is 0.494. The molecule has 3 rings (SSSR count). The Hall–Kier alpha value is -2.87. The van der Waals surface area contributed by atoms with Gasteiger partial charge in [-0.3, -0.25) is 20.3 Å². The highest BCUT2D eigenvalue weighted by molar-refractivity contribution is 6.29. The summed E-state index contributed by atoms with van der Waals surface area (Å²) in [5.41, 5.74) is 9.19. The number of ether oxygens (including phenoxy) is 1. The van der Waals surface area contributed by atoms with Gasteiger partial charge in [-0.15, -0.1) is 0 Å². The standard InChI is InChI=1S/C20H25ClN6O2/c1-10(2)14-9-16(23-19-18(14)12(4)26-27(19)5)24-25-20(28)11(3)13-7-15(21)22-17(8-13)29-6/h7-11H,1-6H3,(H,23,24)(H,25,28). The highest BCUT2D eigenvalue weighted by Crippen LogP contribution is 2.29. The van der Waals surface area contributed by atoms with E-state index in [0.29, 0.717) is 17.3 Å². The summed E-state index contributed by atoms with van der Waals surface area (Å²) in [4.78, 5) is 21.3. The number of pyridine rings is 2. The summed E-state index contributed by atoms with van der Waals surface area (Å²) in [6.45, 7) is 7.99. The minimum absolute atomic E-state index is 0.233. The molecule has 9 heteroatoms. The monoisotopic (exact) mass is 416 g/mol. The lowest BCUT2D eigenvalue weighted by atomic mass is 10.00. The Kier molecular flexibility index (Phi) is 5.93. The number of hydrazine groups is 1. The van der Waals surface area contributed by atoms with E-state index in [1.165, 1.54) is 7.11 Å². The SMILES string of the molecule is COc1cc(C(C)C(=O)NNc2cc(C(C)C)c3c(C)nn(C)c3n2)cc(Cl)n1. The lowest BCUT2D eigenvalue weighted by Gasteiger charge is -2.16. The van der Waals surface area contributed by atoms with Gasteiger partial charge in [-0.1, -0.05) is 25.4 Å². The van der Waals surface area contributed by atoms with Crippen molar-refractivity contribution >= 4 is 34.4 Å². The number of carbonyl (C=O) groups is 1. The highest BCUT2D eigenvalue weighted by Gasteiger charge is 2.19. The van der Waals surface area contributed by atoms with Gasteiger partial charge in [-0.25, -0.2) is 9.97 Å². The van der Waals surface area contributed by atoms with E-state index in [-0.39, 0.29) is 17.0 Å². The third-order valence-electron chi connectivity index (χ3n) is 4.83. The molecule has 3 aromatic heterocycles. The van der Waals surface area contributed by atoms with Crippen LogP contribution >= 0.6 is 11.6 Å². The molecule has 0 bridgehead atoms. The molecule has 1 amide bonds. The Balaban J connectivity index is 1.82. The molecule has 0 aliphatic heterocycles. The second-order valence-corrected chi connectivity index (χ2v) is 7.65. The number of methoxy groups -OCH3 is 1. The summed E-state index contributed by atoms with van der Waals surface area (Å²) in [6.07, 6.45) is 0. The molecule has 1 atom stereocenters. The van der Waals surface area contributed by atoms with Crippen LogP contribution in [0.2, 0.25) is 5.15 Å². The topological polar surface area (TPSA) is 94.0 Å². The number of halogens is 1. The Labute approximate surface area is 174 Å². The molecule has 0 saturated carbocycles. The number of hydrogen-bond acceptors (Lipinski definition) is 6. The number of anilines is 1. The molecular formula is C20H25ClN6O2. The zero-order chi connectivity index (χ0) is 21.3. The van der Waals surface area contributed by atoms with Gasteiger partial charge in [-0.05, 0) is 43.0 Å². The summed E-state index contributed by atoms with van der Waals surface area (Å²) in [6, 6.07) is 5.28. The maximum atomic E-state index is 12.7. The first-order valence-electron chi connectivity index (χ1n) is 9.32. The molecule has 0 aliphatic carbocycles. The molecule has 0 fully saturated rings. The molecule has 2 N–H and O–H groups in total. The molecule has 0 aromatic carbocycles. The van der Waals surface area contributed by atoms with E-state index >= 15 is 0 Å². The number of nitrogens with zero attached hydrogens (tertiary/aromatic N) is 4. The van der Waals surface area contributed by atoms with Crippen LogP contribution < -0.4 is 15.6 Å². The van der Waals surface area contributed by atoms with Crippen molar-refractivity contribution in [3.63, 3.8) is 0 Å². The summed E-state index contributed by atoms with van der Waals surface area (Å²) in [5, 5.41) is 5.79. The van der Waals surface area contributed by atoms with Crippen molar-refractivity contribution in [2.24, 2.45) is 7.05 Å². The predicted molar refractivity (Wildman–Crippen MR) is 113 cm³/mol. The first kappa shape index (κ1) is 20.9. The minimum atomic E-state index is -0.468. The zero-order valence-electron chi connectivity index (χ0n) is 17.4. The molecule has 1 unspecified atom stereocenters. The number of aromatic nitrogens is 4. The van der Waals surface area contributed by atoms with Crippen molar-refractivity contribution in [2.45, 2.75) is 39.5 Å².